The molecule has 1 aliphatic heterocycles. The molecule has 1 saturated heterocycles. The minimum Gasteiger partial charge on any atom is -0.353 e. The Labute approximate surface area is 167 Å². The maximum absolute atomic E-state index is 12.7. The Morgan fingerprint density at radius 2 is 1.96 bits per heavy atom. The van der Waals surface area contributed by atoms with E-state index in [1.165, 1.54) is 19.3 Å². The molecule has 5 heteroatoms. The van der Waals surface area contributed by atoms with Crippen molar-refractivity contribution in [3.05, 3.63) is 29.3 Å². The van der Waals surface area contributed by atoms with E-state index in [0.29, 0.717) is 17.0 Å². The molecule has 1 atom stereocenters. The maximum atomic E-state index is 12.7. The second kappa shape index (κ2) is 8.22. The van der Waals surface area contributed by atoms with Crippen LogP contribution in [0.25, 0.3) is 0 Å². The Hall–Kier alpha value is -1.55. The lowest BCUT2D eigenvalue weighted by Crippen LogP contribution is -2.43. The maximum Gasteiger partial charge on any atom is 0.227 e. The zero-order chi connectivity index (χ0) is 19.6. The van der Waals surface area contributed by atoms with Gasteiger partial charge in [-0.25, -0.2) is 0 Å². The van der Waals surface area contributed by atoms with Crippen LogP contribution in [0.5, 0.6) is 0 Å². The van der Waals surface area contributed by atoms with Crippen LogP contribution in [0, 0.1) is 17.3 Å². The van der Waals surface area contributed by atoms with Crippen molar-refractivity contribution in [1.82, 2.24) is 5.32 Å². The molecule has 0 aromatic heterocycles. The second-order valence-electron chi connectivity index (χ2n) is 8.78. The number of rotatable bonds is 5. The first-order valence-electron chi connectivity index (χ1n) is 10.2. The van der Waals surface area contributed by atoms with Gasteiger partial charge in [0, 0.05) is 29.7 Å². The summed E-state index contributed by atoms with van der Waals surface area (Å²) in [5.74, 6) is 0.472. The van der Waals surface area contributed by atoms with E-state index in [4.69, 9.17) is 11.6 Å². The summed E-state index contributed by atoms with van der Waals surface area (Å²) in [5, 5.41) is 3.81. The molecule has 1 heterocycles. The Morgan fingerprint density at radius 3 is 2.59 bits per heavy atom. The van der Waals surface area contributed by atoms with Gasteiger partial charge in [0.2, 0.25) is 11.8 Å². The van der Waals surface area contributed by atoms with Crippen molar-refractivity contribution in [1.29, 1.82) is 0 Å². The first-order chi connectivity index (χ1) is 12.8. The molecule has 0 spiro atoms. The Kier molecular flexibility index (Phi) is 6.15. The zero-order valence-electron chi connectivity index (χ0n) is 16.6. The van der Waals surface area contributed by atoms with Crippen LogP contribution in [0.4, 0.5) is 5.69 Å². The summed E-state index contributed by atoms with van der Waals surface area (Å²) in [7, 11) is 0. The number of carbonyl (C=O) groups excluding carboxylic acids is 2. The van der Waals surface area contributed by atoms with E-state index in [2.05, 4.69) is 26.1 Å². The van der Waals surface area contributed by atoms with Gasteiger partial charge in [-0.3, -0.25) is 9.59 Å². The largest absolute Gasteiger partial charge is 0.353 e. The number of anilines is 1. The number of hydrogen-bond acceptors (Lipinski definition) is 2. The van der Waals surface area contributed by atoms with Gasteiger partial charge in [-0.1, -0.05) is 44.9 Å². The Bertz CT molecular complexity index is 695. The summed E-state index contributed by atoms with van der Waals surface area (Å²) in [4.78, 5) is 26.8. The molecule has 3 rings (SSSR count). The van der Waals surface area contributed by atoms with Gasteiger partial charge < -0.3 is 10.2 Å². The monoisotopic (exact) mass is 390 g/mol. The molecule has 27 heavy (non-hydrogen) atoms. The molecule has 1 saturated carbocycles. The highest BCUT2D eigenvalue weighted by Crippen LogP contribution is 2.40. The molecule has 0 radical (unpaired) electrons. The highest BCUT2D eigenvalue weighted by Gasteiger charge is 2.37. The topological polar surface area (TPSA) is 49.4 Å². The van der Waals surface area contributed by atoms with E-state index in [9.17, 15) is 9.59 Å². The normalized spacial score (nSPS) is 26.3. The number of nitrogens with zero attached hydrogens (tertiary/aromatic N) is 1. The van der Waals surface area contributed by atoms with Crippen LogP contribution >= 0.6 is 11.6 Å². The summed E-state index contributed by atoms with van der Waals surface area (Å²) in [5.41, 5.74) is 1.15. The molecule has 1 aliphatic carbocycles. The van der Waals surface area contributed by atoms with E-state index in [0.717, 1.165) is 24.4 Å². The van der Waals surface area contributed by atoms with Crippen LogP contribution < -0.4 is 10.2 Å². The summed E-state index contributed by atoms with van der Waals surface area (Å²) < 4.78 is 0. The van der Waals surface area contributed by atoms with Gasteiger partial charge in [0.25, 0.3) is 0 Å². The molecule has 1 aromatic carbocycles. The first kappa shape index (κ1) is 20.2. The highest BCUT2D eigenvalue weighted by atomic mass is 35.5. The molecular weight excluding hydrogens is 360 g/mol. The average molecular weight is 391 g/mol. The molecule has 1 N–H and O–H groups in total. The van der Waals surface area contributed by atoms with Crippen molar-refractivity contribution >= 4 is 29.1 Å². The number of benzene rings is 1. The van der Waals surface area contributed by atoms with Crippen molar-refractivity contribution < 1.29 is 9.59 Å². The third kappa shape index (κ3) is 4.66. The standard InChI is InChI=1S/C22H31ClN2O2/c1-4-22(2,3)16-8-10-18(11-9-16)24-21(27)15-12-20(26)25(14-15)19-7-5-6-17(23)13-19/h5-7,13,15-16,18H,4,8-12,14H2,1-3H3,(H,24,27)/t15-,16?,18?/m1/s1. The van der Waals surface area contributed by atoms with Crippen molar-refractivity contribution in [3.63, 3.8) is 0 Å². The molecule has 2 aliphatic rings. The van der Waals surface area contributed by atoms with E-state index in [1.807, 2.05) is 12.1 Å². The second-order valence-corrected chi connectivity index (χ2v) is 9.22. The Morgan fingerprint density at radius 1 is 1.26 bits per heavy atom. The van der Waals surface area contributed by atoms with Gasteiger partial charge in [0.05, 0.1) is 5.92 Å². The lowest BCUT2D eigenvalue weighted by atomic mass is 9.69. The fourth-order valence-electron chi connectivity index (χ4n) is 4.40. The lowest BCUT2D eigenvalue weighted by molar-refractivity contribution is -0.127. The third-order valence-electron chi connectivity index (χ3n) is 6.71. The molecule has 148 valence electrons. The van der Waals surface area contributed by atoms with Crippen molar-refractivity contribution in [2.24, 2.45) is 17.3 Å². The van der Waals surface area contributed by atoms with Crippen LogP contribution in [-0.2, 0) is 9.59 Å². The van der Waals surface area contributed by atoms with E-state index >= 15 is 0 Å². The van der Waals surface area contributed by atoms with Crippen LogP contribution in [0.2, 0.25) is 5.02 Å². The van der Waals surface area contributed by atoms with Gasteiger partial charge in [0.1, 0.15) is 0 Å². The van der Waals surface area contributed by atoms with Crippen LogP contribution in [0.1, 0.15) is 59.3 Å². The van der Waals surface area contributed by atoms with E-state index in [1.54, 1.807) is 17.0 Å². The van der Waals surface area contributed by atoms with Crippen LogP contribution in [0.3, 0.4) is 0 Å². The zero-order valence-corrected chi connectivity index (χ0v) is 17.4. The summed E-state index contributed by atoms with van der Waals surface area (Å²) in [6.45, 7) is 7.40. The molecule has 2 fully saturated rings. The summed E-state index contributed by atoms with van der Waals surface area (Å²) in [6, 6.07) is 7.49. The first-order valence-corrected chi connectivity index (χ1v) is 10.5. The molecular formula is C22H31ClN2O2. The van der Waals surface area contributed by atoms with Crippen LogP contribution in [0.15, 0.2) is 24.3 Å². The minimum absolute atomic E-state index is 0.00850. The van der Waals surface area contributed by atoms with Gasteiger partial charge >= 0.3 is 0 Å². The van der Waals surface area contributed by atoms with Crippen molar-refractivity contribution in [3.8, 4) is 0 Å². The summed E-state index contributed by atoms with van der Waals surface area (Å²) in [6.07, 6.45) is 5.89. The number of halogens is 1. The number of nitrogens with one attached hydrogen (secondary N) is 1. The predicted octanol–water partition coefficient (Wildman–Crippen LogP) is 4.80. The predicted molar refractivity (Wildman–Crippen MR) is 110 cm³/mol. The highest BCUT2D eigenvalue weighted by molar-refractivity contribution is 6.30. The molecule has 0 unspecified atom stereocenters. The van der Waals surface area contributed by atoms with Crippen LogP contribution in [-0.4, -0.2) is 24.4 Å². The molecule has 2 amide bonds. The quantitative estimate of drug-likeness (QED) is 0.784. The van der Waals surface area contributed by atoms with Crippen molar-refractivity contribution in [2.45, 2.75) is 65.3 Å². The minimum atomic E-state index is -0.277. The number of hydrogen-bond donors (Lipinski definition) is 1. The molecule has 4 nitrogen and oxygen atoms in total. The lowest BCUT2D eigenvalue weighted by Gasteiger charge is -2.39. The Balaban J connectivity index is 1.53. The fraction of sp³-hybridized carbons (Fsp3) is 0.636. The molecule has 1 aromatic rings. The number of amides is 2. The summed E-state index contributed by atoms with van der Waals surface area (Å²) >= 11 is 6.04. The average Bonchev–Trinajstić information content (AvgIpc) is 3.04. The SMILES string of the molecule is CCC(C)(C)C1CCC(NC(=O)[C@@H]2CC(=O)N(c3cccc(Cl)c3)C2)CC1. The van der Waals surface area contributed by atoms with Gasteiger partial charge in [0.15, 0.2) is 0 Å². The van der Waals surface area contributed by atoms with Gasteiger partial charge in [-0.15, -0.1) is 0 Å². The smallest absolute Gasteiger partial charge is 0.227 e. The van der Waals surface area contributed by atoms with Crippen molar-refractivity contribution in [2.75, 3.05) is 11.4 Å². The van der Waals surface area contributed by atoms with Gasteiger partial charge in [-0.05, 0) is 55.2 Å². The van der Waals surface area contributed by atoms with E-state index < -0.39 is 0 Å². The number of carbonyl (C=O) groups is 2. The molecule has 0 bridgehead atoms. The van der Waals surface area contributed by atoms with Gasteiger partial charge in [-0.2, -0.15) is 0 Å². The van der Waals surface area contributed by atoms with E-state index in [-0.39, 0.29) is 30.2 Å². The third-order valence-corrected chi connectivity index (χ3v) is 6.94. The fourth-order valence-corrected chi connectivity index (χ4v) is 4.59.